The molecule has 1 N–H and O–H groups in total. The first-order valence-corrected chi connectivity index (χ1v) is 6.64. The molecule has 1 aromatic heterocycles. The van der Waals surface area contributed by atoms with E-state index in [2.05, 4.69) is 9.88 Å². The number of hydrogen-bond acceptors (Lipinski definition) is 3. The molecule has 3 nitrogen and oxygen atoms in total. The summed E-state index contributed by atoms with van der Waals surface area (Å²) < 4.78 is 0. The Morgan fingerprint density at radius 2 is 2.18 bits per heavy atom. The maximum atomic E-state index is 9.63. The molecule has 0 aromatic carbocycles. The first kappa shape index (κ1) is 11.0. The van der Waals surface area contributed by atoms with Gasteiger partial charge >= 0.3 is 0 Å². The number of aromatic nitrogens is 1. The van der Waals surface area contributed by atoms with Crippen LogP contribution in [0.25, 0.3) is 0 Å². The van der Waals surface area contributed by atoms with Crippen LogP contribution in [0, 0.1) is 5.92 Å². The third kappa shape index (κ3) is 2.60. The molecule has 2 saturated carbocycles. The molecule has 0 spiro atoms. The highest BCUT2D eigenvalue weighted by Gasteiger charge is 2.34. The maximum Gasteiger partial charge on any atom is 0.129 e. The van der Waals surface area contributed by atoms with Crippen LogP contribution < -0.4 is 4.90 Å². The lowest BCUT2D eigenvalue weighted by molar-refractivity contribution is 0.199. The molecule has 3 heteroatoms. The van der Waals surface area contributed by atoms with Crippen molar-refractivity contribution in [2.24, 2.45) is 5.92 Å². The average molecular weight is 232 g/mol. The number of aliphatic hydroxyl groups is 1. The number of nitrogens with zero attached hydrogens (tertiary/aromatic N) is 2. The monoisotopic (exact) mass is 232 g/mol. The van der Waals surface area contributed by atoms with Crippen molar-refractivity contribution in [2.75, 3.05) is 11.4 Å². The summed E-state index contributed by atoms with van der Waals surface area (Å²) in [6, 6.07) is 4.65. The minimum absolute atomic E-state index is 0.404. The van der Waals surface area contributed by atoms with Gasteiger partial charge in [-0.25, -0.2) is 4.98 Å². The number of anilines is 1. The SMILES string of the molecule is C[C@@H](O)c1ccnc(N(CC2CC2)C2CC2)c1. The predicted molar refractivity (Wildman–Crippen MR) is 68.0 cm³/mol. The average Bonchev–Trinajstić information content (AvgIpc) is 3.18. The number of aliphatic hydroxyl groups excluding tert-OH is 1. The van der Waals surface area contributed by atoms with Gasteiger partial charge in [-0.15, -0.1) is 0 Å². The Morgan fingerprint density at radius 1 is 1.41 bits per heavy atom. The lowest BCUT2D eigenvalue weighted by Crippen LogP contribution is -2.29. The van der Waals surface area contributed by atoms with Crippen LogP contribution in [-0.4, -0.2) is 22.7 Å². The second-order valence-electron chi connectivity index (χ2n) is 5.45. The van der Waals surface area contributed by atoms with E-state index in [0.29, 0.717) is 6.04 Å². The normalized spacial score (nSPS) is 21.3. The lowest BCUT2D eigenvalue weighted by atomic mass is 10.1. The van der Waals surface area contributed by atoms with Gasteiger partial charge in [0.25, 0.3) is 0 Å². The summed E-state index contributed by atoms with van der Waals surface area (Å²) in [7, 11) is 0. The second kappa shape index (κ2) is 4.30. The highest BCUT2D eigenvalue weighted by atomic mass is 16.3. The van der Waals surface area contributed by atoms with Crippen LogP contribution in [0.1, 0.15) is 44.3 Å². The van der Waals surface area contributed by atoms with Crippen molar-refractivity contribution in [1.29, 1.82) is 0 Å². The van der Waals surface area contributed by atoms with Gasteiger partial charge in [-0.2, -0.15) is 0 Å². The zero-order valence-electron chi connectivity index (χ0n) is 10.3. The first-order valence-electron chi connectivity index (χ1n) is 6.64. The number of pyridine rings is 1. The van der Waals surface area contributed by atoms with Crippen LogP contribution >= 0.6 is 0 Å². The molecule has 1 heterocycles. The standard InChI is InChI=1S/C14H20N2O/c1-10(17)12-6-7-15-14(8-12)16(13-4-5-13)9-11-2-3-11/h6-8,10-11,13,17H,2-5,9H2,1H3/t10-/m1/s1. The predicted octanol–water partition coefficient (Wildman–Crippen LogP) is 2.51. The van der Waals surface area contributed by atoms with E-state index < -0.39 is 6.10 Å². The summed E-state index contributed by atoms with van der Waals surface area (Å²) in [5.41, 5.74) is 0.969. The van der Waals surface area contributed by atoms with Crippen LogP contribution in [0.3, 0.4) is 0 Å². The van der Waals surface area contributed by atoms with Crippen molar-refractivity contribution in [2.45, 2.75) is 44.8 Å². The Hall–Kier alpha value is -1.09. The summed E-state index contributed by atoms with van der Waals surface area (Å²) in [5, 5.41) is 9.63. The van der Waals surface area contributed by atoms with Crippen molar-refractivity contribution in [3.05, 3.63) is 23.9 Å². The molecule has 0 radical (unpaired) electrons. The highest BCUT2D eigenvalue weighted by molar-refractivity contribution is 5.44. The molecule has 0 amide bonds. The fraction of sp³-hybridized carbons (Fsp3) is 0.643. The lowest BCUT2D eigenvalue weighted by Gasteiger charge is -2.24. The summed E-state index contributed by atoms with van der Waals surface area (Å²) in [6.07, 6.45) is 6.76. The van der Waals surface area contributed by atoms with E-state index in [-0.39, 0.29) is 0 Å². The maximum absolute atomic E-state index is 9.63. The molecule has 0 unspecified atom stereocenters. The van der Waals surface area contributed by atoms with Crippen LogP contribution in [0.4, 0.5) is 5.82 Å². The molecule has 1 atom stereocenters. The Morgan fingerprint density at radius 3 is 2.76 bits per heavy atom. The molecule has 17 heavy (non-hydrogen) atoms. The van der Waals surface area contributed by atoms with Gasteiger partial charge in [-0.1, -0.05) is 0 Å². The van der Waals surface area contributed by atoms with Crippen LogP contribution in [0.5, 0.6) is 0 Å². The molecular formula is C14H20N2O. The van der Waals surface area contributed by atoms with Crippen molar-refractivity contribution >= 4 is 5.82 Å². The van der Waals surface area contributed by atoms with Crippen LogP contribution in [0.15, 0.2) is 18.3 Å². The summed E-state index contributed by atoms with van der Waals surface area (Å²) in [5.74, 6) is 1.94. The van der Waals surface area contributed by atoms with E-state index in [1.54, 1.807) is 0 Å². The summed E-state index contributed by atoms with van der Waals surface area (Å²) in [4.78, 5) is 6.93. The van der Waals surface area contributed by atoms with E-state index in [1.165, 1.54) is 25.7 Å². The Kier molecular flexibility index (Phi) is 2.79. The van der Waals surface area contributed by atoms with Crippen LogP contribution in [0.2, 0.25) is 0 Å². The molecule has 0 saturated heterocycles. The second-order valence-corrected chi connectivity index (χ2v) is 5.45. The Balaban J connectivity index is 1.80. The van der Waals surface area contributed by atoms with Crippen LogP contribution in [-0.2, 0) is 0 Å². The quantitative estimate of drug-likeness (QED) is 0.847. The fourth-order valence-electron chi connectivity index (χ4n) is 2.25. The molecule has 92 valence electrons. The minimum atomic E-state index is -0.404. The minimum Gasteiger partial charge on any atom is -0.389 e. The third-order valence-electron chi connectivity index (χ3n) is 3.69. The van der Waals surface area contributed by atoms with Gasteiger partial charge in [0, 0.05) is 18.8 Å². The van der Waals surface area contributed by atoms with E-state index >= 15 is 0 Å². The summed E-state index contributed by atoms with van der Waals surface area (Å²) in [6.45, 7) is 2.96. The van der Waals surface area contributed by atoms with E-state index in [9.17, 15) is 5.11 Å². The molecule has 0 bridgehead atoms. The molecule has 2 fully saturated rings. The molecule has 2 aliphatic rings. The zero-order valence-corrected chi connectivity index (χ0v) is 10.3. The topological polar surface area (TPSA) is 36.4 Å². The Labute approximate surface area is 102 Å². The van der Waals surface area contributed by atoms with E-state index in [1.807, 2.05) is 25.3 Å². The first-order chi connectivity index (χ1) is 8.24. The molecule has 2 aliphatic carbocycles. The molecule has 3 rings (SSSR count). The number of hydrogen-bond donors (Lipinski definition) is 1. The van der Waals surface area contributed by atoms with Crippen molar-refractivity contribution < 1.29 is 5.11 Å². The summed E-state index contributed by atoms with van der Waals surface area (Å²) >= 11 is 0. The van der Waals surface area contributed by atoms with Gasteiger partial charge in [0.05, 0.1) is 6.10 Å². The molecular weight excluding hydrogens is 212 g/mol. The largest absolute Gasteiger partial charge is 0.389 e. The van der Waals surface area contributed by atoms with Gasteiger partial charge in [-0.05, 0) is 56.2 Å². The van der Waals surface area contributed by atoms with Gasteiger partial charge in [-0.3, -0.25) is 0 Å². The number of rotatable bonds is 5. The van der Waals surface area contributed by atoms with Crippen molar-refractivity contribution in [3.8, 4) is 0 Å². The molecule has 0 aliphatic heterocycles. The zero-order chi connectivity index (χ0) is 11.8. The van der Waals surface area contributed by atoms with Crippen molar-refractivity contribution in [3.63, 3.8) is 0 Å². The van der Waals surface area contributed by atoms with E-state index in [0.717, 1.165) is 23.8 Å². The van der Waals surface area contributed by atoms with Gasteiger partial charge in [0.1, 0.15) is 5.82 Å². The molecule has 1 aromatic rings. The van der Waals surface area contributed by atoms with Gasteiger partial charge < -0.3 is 10.0 Å². The van der Waals surface area contributed by atoms with Crippen molar-refractivity contribution in [1.82, 2.24) is 4.98 Å². The Bertz CT molecular complexity index is 397. The van der Waals surface area contributed by atoms with E-state index in [4.69, 9.17) is 0 Å². The van der Waals surface area contributed by atoms with Gasteiger partial charge in [0.2, 0.25) is 0 Å². The third-order valence-corrected chi connectivity index (χ3v) is 3.69. The van der Waals surface area contributed by atoms with Gasteiger partial charge in [0.15, 0.2) is 0 Å². The smallest absolute Gasteiger partial charge is 0.129 e. The highest BCUT2D eigenvalue weighted by Crippen LogP contribution is 2.37. The fourth-order valence-corrected chi connectivity index (χ4v) is 2.25.